The van der Waals surface area contributed by atoms with Gasteiger partial charge >= 0.3 is 0 Å². The second kappa shape index (κ2) is 7.40. The van der Waals surface area contributed by atoms with E-state index in [0.29, 0.717) is 12.0 Å². The molecule has 0 aromatic heterocycles. The third-order valence-electron chi connectivity index (χ3n) is 5.23. The van der Waals surface area contributed by atoms with E-state index >= 15 is 0 Å². The molecule has 0 unspecified atom stereocenters. The largest absolute Gasteiger partial charge is 0.366 e. The van der Waals surface area contributed by atoms with Crippen molar-refractivity contribution in [1.29, 1.82) is 0 Å². The Morgan fingerprint density at radius 2 is 1.72 bits per heavy atom. The number of unbranched alkanes of at least 4 members (excludes halogenated alkanes) is 1. The van der Waals surface area contributed by atoms with Crippen LogP contribution in [0.3, 0.4) is 0 Å². The molecule has 2 atom stereocenters. The lowest BCUT2D eigenvalue weighted by Crippen LogP contribution is -2.51. The average molecular weight is 337 g/mol. The van der Waals surface area contributed by atoms with Crippen LogP contribution in [0.25, 0.3) is 0 Å². The molecule has 1 aliphatic rings. The Morgan fingerprint density at radius 3 is 2.40 bits per heavy atom. The molecule has 0 spiro atoms. The summed E-state index contributed by atoms with van der Waals surface area (Å²) in [5, 5.41) is 11.7. The number of rotatable bonds is 7. The molecule has 132 valence electrons. The maximum absolute atomic E-state index is 13.1. The van der Waals surface area contributed by atoms with Crippen LogP contribution in [0.15, 0.2) is 54.6 Å². The number of benzene rings is 2. The normalized spacial score (nSPS) is 20.6. The number of carbonyl (C=O) groups is 1. The fourth-order valence-corrected chi connectivity index (χ4v) is 3.93. The van der Waals surface area contributed by atoms with E-state index in [1.807, 2.05) is 54.6 Å². The first-order chi connectivity index (χ1) is 12.1. The Kier molecular flexibility index (Phi) is 5.24. The number of fused-ring (bicyclic) bond motifs is 1. The molecule has 0 fully saturated rings. The first-order valence-electron chi connectivity index (χ1n) is 9.31. The van der Waals surface area contributed by atoms with E-state index in [-0.39, 0.29) is 11.9 Å². The standard InChI is InChI=1S/C22H27NO2/c1-3-5-13-18(4-2)23-21(24)19-14-9-10-15-20(19)22(23,25)16-17-11-7-6-8-12-17/h6-12,14-15,18,25H,3-5,13,16H2,1-2H3/t18-,22-/m0/s1. The van der Waals surface area contributed by atoms with Crippen LogP contribution in [0, 0.1) is 0 Å². The van der Waals surface area contributed by atoms with E-state index in [2.05, 4.69) is 13.8 Å². The Bertz CT molecular complexity index is 728. The summed E-state index contributed by atoms with van der Waals surface area (Å²) in [6.45, 7) is 4.25. The van der Waals surface area contributed by atoms with Gasteiger partial charge in [0.2, 0.25) is 0 Å². The van der Waals surface area contributed by atoms with Crippen LogP contribution in [0.5, 0.6) is 0 Å². The quantitative estimate of drug-likeness (QED) is 0.808. The molecule has 2 aromatic carbocycles. The molecule has 0 saturated heterocycles. The topological polar surface area (TPSA) is 40.5 Å². The van der Waals surface area contributed by atoms with Gasteiger partial charge in [-0.2, -0.15) is 0 Å². The molecule has 1 heterocycles. The fraction of sp³-hybridized carbons (Fsp3) is 0.409. The number of amides is 1. The van der Waals surface area contributed by atoms with Crippen molar-refractivity contribution < 1.29 is 9.90 Å². The highest BCUT2D eigenvalue weighted by Crippen LogP contribution is 2.42. The molecular weight excluding hydrogens is 310 g/mol. The Balaban J connectivity index is 2.04. The van der Waals surface area contributed by atoms with Crippen LogP contribution in [0.4, 0.5) is 0 Å². The van der Waals surface area contributed by atoms with Crippen molar-refractivity contribution in [2.75, 3.05) is 0 Å². The molecule has 2 aromatic rings. The van der Waals surface area contributed by atoms with E-state index in [1.165, 1.54) is 0 Å². The zero-order chi connectivity index (χ0) is 17.9. The lowest BCUT2D eigenvalue weighted by molar-refractivity contribution is -0.104. The zero-order valence-corrected chi connectivity index (χ0v) is 15.1. The SMILES string of the molecule is CCCC[C@H](CC)N1C(=O)c2ccccc2[C@@]1(O)Cc1ccccc1. The van der Waals surface area contributed by atoms with Crippen LogP contribution in [0.2, 0.25) is 0 Å². The Labute approximate surface area is 150 Å². The van der Waals surface area contributed by atoms with Gasteiger partial charge in [-0.05, 0) is 24.5 Å². The molecule has 0 radical (unpaired) electrons. The molecular formula is C22H27NO2. The predicted octanol–water partition coefficient (Wildman–Crippen LogP) is 4.50. The third kappa shape index (κ3) is 3.21. The van der Waals surface area contributed by atoms with Gasteiger partial charge in [0.1, 0.15) is 0 Å². The van der Waals surface area contributed by atoms with Gasteiger partial charge in [0.05, 0.1) is 0 Å². The maximum atomic E-state index is 13.1. The Morgan fingerprint density at radius 1 is 1.04 bits per heavy atom. The minimum atomic E-state index is -1.27. The number of hydrogen-bond donors (Lipinski definition) is 1. The van der Waals surface area contributed by atoms with Crippen LogP contribution in [-0.4, -0.2) is 22.0 Å². The van der Waals surface area contributed by atoms with Crippen LogP contribution >= 0.6 is 0 Å². The first-order valence-corrected chi connectivity index (χ1v) is 9.31. The second-order valence-electron chi connectivity index (χ2n) is 6.90. The van der Waals surface area contributed by atoms with Crippen molar-refractivity contribution in [2.24, 2.45) is 0 Å². The highest BCUT2D eigenvalue weighted by atomic mass is 16.3. The minimum absolute atomic E-state index is 0.0445. The van der Waals surface area contributed by atoms with E-state index in [9.17, 15) is 9.90 Å². The molecule has 1 amide bonds. The van der Waals surface area contributed by atoms with Crippen LogP contribution < -0.4 is 0 Å². The van der Waals surface area contributed by atoms with Crippen molar-refractivity contribution >= 4 is 5.91 Å². The van der Waals surface area contributed by atoms with E-state index in [4.69, 9.17) is 0 Å². The van der Waals surface area contributed by atoms with E-state index in [1.54, 1.807) is 4.90 Å². The number of carbonyl (C=O) groups excluding carboxylic acids is 1. The molecule has 3 heteroatoms. The second-order valence-corrected chi connectivity index (χ2v) is 6.90. The molecule has 3 nitrogen and oxygen atoms in total. The fourth-order valence-electron chi connectivity index (χ4n) is 3.93. The molecule has 0 bridgehead atoms. The summed E-state index contributed by atoms with van der Waals surface area (Å²) in [4.78, 5) is 14.9. The number of aliphatic hydroxyl groups is 1. The summed E-state index contributed by atoms with van der Waals surface area (Å²) in [5.41, 5.74) is 1.13. The van der Waals surface area contributed by atoms with E-state index in [0.717, 1.165) is 36.8 Å². The van der Waals surface area contributed by atoms with Gasteiger partial charge in [0.25, 0.3) is 5.91 Å². The van der Waals surface area contributed by atoms with Gasteiger partial charge in [-0.3, -0.25) is 4.79 Å². The minimum Gasteiger partial charge on any atom is -0.366 e. The van der Waals surface area contributed by atoms with Crippen LogP contribution in [-0.2, 0) is 12.1 Å². The summed E-state index contributed by atoms with van der Waals surface area (Å²) < 4.78 is 0. The molecule has 0 saturated carbocycles. The van der Waals surface area contributed by atoms with Crippen molar-refractivity contribution in [2.45, 2.75) is 57.7 Å². The first kappa shape index (κ1) is 17.7. The molecule has 1 aliphatic heterocycles. The van der Waals surface area contributed by atoms with Crippen molar-refractivity contribution in [1.82, 2.24) is 4.90 Å². The number of hydrogen-bond acceptors (Lipinski definition) is 2. The molecule has 3 rings (SSSR count). The van der Waals surface area contributed by atoms with Gasteiger partial charge in [-0.25, -0.2) is 0 Å². The van der Waals surface area contributed by atoms with Gasteiger partial charge in [-0.15, -0.1) is 0 Å². The summed E-state index contributed by atoms with van der Waals surface area (Å²) in [6.07, 6.45) is 4.32. The summed E-state index contributed by atoms with van der Waals surface area (Å²) in [5.74, 6) is -0.0445. The monoisotopic (exact) mass is 337 g/mol. The third-order valence-corrected chi connectivity index (χ3v) is 5.23. The van der Waals surface area contributed by atoms with Crippen molar-refractivity contribution in [3.63, 3.8) is 0 Å². The summed E-state index contributed by atoms with van der Waals surface area (Å²) in [7, 11) is 0. The molecule has 0 aliphatic carbocycles. The summed E-state index contributed by atoms with van der Waals surface area (Å²) in [6, 6.07) is 17.5. The lowest BCUT2D eigenvalue weighted by Gasteiger charge is -2.40. The van der Waals surface area contributed by atoms with E-state index < -0.39 is 5.72 Å². The van der Waals surface area contributed by atoms with Gasteiger partial charge in [0, 0.05) is 23.6 Å². The van der Waals surface area contributed by atoms with Crippen LogP contribution in [0.1, 0.15) is 61.0 Å². The van der Waals surface area contributed by atoms with Crippen molar-refractivity contribution in [3.05, 3.63) is 71.3 Å². The smallest absolute Gasteiger partial charge is 0.257 e. The van der Waals surface area contributed by atoms with Crippen molar-refractivity contribution in [3.8, 4) is 0 Å². The average Bonchev–Trinajstić information content (AvgIpc) is 2.85. The maximum Gasteiger partial charge on any atom is 0.257 e. The van der Waals surface area contributed by atoms with Gasteiger partial charge in [0.15, 0.2) is 5.72 Å². The predicted molar refractivity (Wildman–Crippen MR) is 100 cm³/mol. The highest BCUT2D eigenvalue weighted by molar-refractivity contribution is 6.00. The highest BCUT2D eigenvalue weighted by Gasteiger charge is 2.50. The zero-order valence-electron chi connectivity index (χ0n) is 15.1. The Hall–Kier alpha value is -2.13. The number of nitrogens with zero attached hydrogens (tertiary/aromatic N) is 1. The lowest BCUT2D eigenvalue weighted by atomic mass is 9.92. The van der Waals surface area contributed by atoms with Gasteiger partial charge < -0.3 is 10.0 Å². The molecule has 25 heavy (non-hydrogen) atoms. The molecule has 1 N–H and O–H groups in total. The summed E-state index contributed by atoms with van der Waals surface area (Å²) >= 11 is 0. The van der Waals surface area contributed by atoms with Gasteiger partial charge in [-0.1, -0.05) is 75.2 Å².